The lowest BCUT2D eigenvalue weighted by molar-refractivity contribution is -0.121. The summed E-state index contributed by atoms with van der Waals surface area (Å²) in [6, 6.07) is 0.771. The highest BCUT2D eigenvalue weighted by molar-refractivity contribution is 5.81. The number of hydrogen-bond acceptors (Lipinski definition) is 3. The summed E-state index contributed by atoms with van der Waals surface area (Å²) >= 11 is 0. The Labute approximate surface area is 169 Å². The number of carbonyl (C=O) groups excluding carboxylic acids is 1. The summed E-state index contributed by atoms with van der Waals surface area (Å²) in [5, 5.41) is 6.59. The summed E-state index contributed by atoms with van der Waals surface area (Å²) in [4.78, 5) is 23.5. The molecule has 2 aliphatic rings. The van der Waals surface area contributed by atoms with Gasteiger partial charge in [0.05, 0.1) is 18.9 Å². The smallest absolute Gasteiger partial charge is 0.222 e. The Bertz CT molecular complexity index is 623. The van der Waals surface area contributed by atoms with E-state index in [0.29, 0.717) is 31.0 Å². The Kier molecular flexibility index (Phi) is 7.74. The van der Waals surface area contributed by atoms with Gasteiger partial charge in [-0.2, -0.15) is 0 Å². The number of amides is 1. The lowest BCUT2D eigenvalue weighted by Crippen LogP contribution is -2.49. The number of aliphatic imine (C=N–C) groups is 1. The average molecular weight is 389 g/mol. The maximum Gasteiger partial charge on any atom is 0.222 e. The van der Waals surface area contributed by atoms with Crippen molar-refractivity contribution in [2.24, 2.45) is 10.9 Å². The van der Waals surface area contributed by atoms with E-state index in [1.54, 1.807) is 0 Å². The van der Waals surface area contributed by atoms with Gasteiger partial charge in [-0.15, -0.1) is 0 Å². The van der Waals surface area contributed by atoms with Gasteiger partial charge < -0.3 is 20.1 Å². The number of hydrogen-bond donors (Lipinski definition) is 2. The van der Waals surface area contributed by atoms with Crippen molar-refractivity contribution < 1.29 is 4.79 Å². The van der Waals surface area contributed by atoms with Crippen molar-refractivity contribution >= 4 is 11.9 Å². The molecule has 1 saturated carbocycles. The molecule has 7 nitrogen and oxygen atoms in total. The topological polar surface area (TPSA) is 74.6 Å². The van der Waals surface area contributed by atoms with Gasteiger partial charge in [-0.25, -0.2) is 4.98 Å². The van der Waals surface area contributed by atoms with Crippen LogP contribution in [0.3, 0.4) is 0 Å². The van der Waals surface area contributed by atoms with Crippen LogP contribution in [0, 0.1) is 5.92 Å². The quantitative estimate of drug-likeness (QED) is 0.580. The van der Waals surface area contributed by atoms with Crippen LogP contribution in [-0.2, 0) is 4.79 Å². The van der Waals surface area contributed by atoms with Crippen LogP contribution >= 0.6 is 0 Å². The monoisotopic (exact) mass is 388 g/mol. The first-order valence-electron chi connectivity index (χ1n) is 11.0. The zero-order chi connectivity index (χ0) is 19.8. The van der Waals surface area contributed by atoms with Crippen LogP contribution < -0.4 is 10.6 Å². The predicted molar refractivity (Wildman–Crippen MR) is 112 cm³/mol. The molecule has 1 saturated heterocycles. The number of nitrogens with one attached hydrogen (secondary N) is 2. The molecule has 1 aliphatic carbocycles. The van der Waals surface area contributed by atoms with Crippen LogP contribution in [0.1, 0.15) is 64.8 Å². The van der Waals surface area contributed by atoms with Crippen molar-refractivity contribution in [1.29, 1.82) is 0 Å². The van der Waals surface area contributed by atoms with Crippen molar-refractivity contribution in [3.8, 4) is 0 Å². The minimum atomic E-state index is 0.134. The first-order chi connectivity index (χ1) is 13.7. The number of aromatic nitrogens is 2. The lowest BCUT2D eigenvalue weighted by Gasteiger charge is -2.39. The Morgan fingerprint density at radius 1 is 1.25 bits per heavy atom. The van der Waals surface area contributed by atoms with Crippen LogP contribution in [0.15, 0.2) is 23.7 Å². The maximum atomic E-state index is 12.3. The molecular weight excluding hydrogens is 352 g/mol. The molecule has 1 aromatic rings. The third-order valence-electron chi connectivity index (χ3n) is 6.03. The van der Waals surface area contributed by atoms with E-state index in [1.807, 2.05) is 18.7 Å². The fourth-order valence-electron chi connectivity index (χ4n) is 4.33. The molecule has 2 fully saturated rings. The molecule has 3 rings (SSSR count). The predicted octanol–water partition coefficient (Wildman–Crippen LogP) is 2.57. The Hall–Kier alpha value is -2.05. The van der Waals surface area contributed by atoms with Crippen LogP contribution in [0.5, 0.6) is 0 Å². The van der Waals surface area contributed by atoms with Crippen LogP contribution in [0.4, 0.5) is 0 Å². The molecule has 2 atom stereocenters. The number of nitrogens with zero attached hydrogens (tertiary/aromatic N) is 4. The van der Waals surface area contributed by atoms with Crippen molar-refractivity contribution in [3.63, 3.8) is 0 Å². The van der Waals surface area contributed by atoms with Gasteiger partial charge in [-0.3, -0.25) is 9.79 Å². The number of guanidine groups is 1. The van der Waals surface area contributed by atoms with Crippen LogP contribution in [0.25, 0.3) is 0 Å². The summed E-state index contributed by atoms with van der Waals surface area (Å²) < 4.78 is 2.21. The van der Waals surface area contributed by atoms with Gasteiger partial charge in [0.1, 0.15) is 0 Å². The molecule has 0 spiro atoms. The number of imidazole rings is 1. The molecule has 28 heavy (non-hydrogen) atoms. The SMILES string of the molecule is CCNC(=NCCC(=O)NC1CCCCC1)N1CCC(C)C(n2ccnc2)C1. The van der Waals surface area contributed by atoms with E-state index in [2.05, 4.69) is 38.9 Å². The largest absolute Gasteiger partial charge is 0.357 e. The van der Waals surface area contributed by atoms with Crippen molar-refractivity contribution in [2.45, 2.75) is 70.9 Å². The van der Waals surface area contributed by atoms with E-state index >= 15 is 0 Å². The molecule has 1 aliphatic heterocycles. The maximum absolute atomic E-state index is 12.3. The van der Waals surface area contributed by atoms with Gasteiger partial charge in [-0.05, 0) is 32.1 Å². The van der Waals surface area contributed by atoms with Crippen molar-refractivity contribution in [2.75, 3.05) is 26.2 Å². The van der Waals surface area contributed by atoms with E-state index in [9.17, 15) is 4.79 Å². The summed E-state index contributed by atoms with van der Waals surface area (Å²) in [6.07, 6.45) is 13.4. The fraction of sp³-hybridized carbons (Fsp3) is 0.762. The highest BCUT2D eigenvalue weighted by Gasteiger charge is 2.28. The van der Waals surface area contributed by atoms with Crippen molar-refractivity contribution in [1.82, 2.24) is 25.1 Å². The first-order valence-corrected chi connectivity index (χ1v) is 11.0. The molecule has 2 heterocycles. The Balaban J connectivity index is 1.53. The second kappa shape index (κ2) is 10.5. The summed E-state index contributed by atoms with van der Waals surface area (Å²) in [5.74, 6) is 1.66. The standard InChI is InChI=1S/C21H36N6O/c1-3-23-21(24-11-9-20(28)25-18-7-5-4-6-8-18)26-13-10-17(2)19(15-26)27-14-12-22-16-27/h12,14,16-19H,3-11,13,15H2,1-2H3,(H,23,24)(H,25,28). The van der Waals surface area contributed by atoms with Crippen molar-refractivity contribution in [3.05, 3.63) is 18.7 Å². The molecule has 0 aromatic carbocycles. The van der Waals surface area contributed by atoms with Gasteiger partial charge in [0, 0.05) is 44.5 Å². The second-order valence-corrected chi connectivity index (χ2v) is 8.18. The molecule has 156 valence electrons. The fourth-order valence-corrected chi connectivity index (χ4v) is 4.33. The molecule has 2 N–H and O–H groups in total. The summed E-state index contributed by atoms with van der Waals surface area (Å²) in [5.41, 5.74) is 0. The van der Waals surface area contributed by atoms with E-state index in [4.69, 9.17) is 4.99 Å². The molecule has 0 radical (unpaired) electrons. The van der Waals surface area contributed by atoms with Gasteiger partial charge >= 0.3 is 0 Å². The normalized spacial score (nSPS) is 24.2. The molecule has 1 amide bonds. The van der Waals surface area contributed by atoms with Gasteiger partial charge in [0.2, 0.25) is 5.91 Å². The van der Waals surface area contributed by atoms with Crippen LogP contribution in [-0.4, -0.2) is 58.5 Å². The first kappa shape index (κ1) is 20.7. The van der Waals surface area contributed by atoms with Gasteiger partial charge in [0.15, 0.2) is 5.96 Å². The highest BCUT2D eigenvalue weighted by atomic mass is 16.1. The second-order valence-electron chi connectivity index (χ2n) is 8.18. The Morgan fingerprint density at radius 3 is 2.79 bits per heavy atom. The third-order valence-corrected chi connectivity index (χ3v) is 6.03. The van der Waals surface area contributed by atoms with Gasteiger partial charge in [0.25, 0.3) is 0 Å². The Morgan fingerprint density at radius 2 is 2.07 bits per heavy atom. The molecule has 0 bridgehead atoms. The summed E-state index contributed by atoms with van der Waals surface area (Å²) in [6.45, 7) is 7.66. The van der Waals surface area contributed by atoms with E-state index in [0.717, 1.165) is 44.9 Å². The molecule has 1 aromatic heterocycles. The third kappa shape index (κ3) is 5.72. The lowest BCUT2D eigenvalue weighted by atomic mass is 9.93. The molecular formula is C21H36N6O. The minimum Gasteiger partial charge on any atom is -0.357 e. The zero-order valence-electron chi connectivity index (χ0n) is 17.4. The van der Waals surface area contributed by atoms with E-state index < -0.39 is 0 Å². The van der Waals surface area contributed by atoms with Crippen LogP contribution in [0.2, 0.25) is 0 Å². The molecule has 2 unspecified atom stereocenters. The number of piperidine rings is 1. The summed E-state index contributed by atoms with van der Waals surface area (Å²) in [7, 11) is 0. The number of carbonyl (C=O) groups is 1. The van der Waals surface area contributed by atoms with Gasteiger partial charge in [-0.1, -0.05) is 26.2 Å². The number of rotatable bonds is 6. The number of likely N-dealkylation sites (tertiary alicyclic amines) is 1. The highest BCUT2D eigenvalue weighted by Crippen LogP contribution is 2.27. The molecule has 7 heteroatoms. The van der Waals surface area contributed by atoms with E-state index in [1.165, 1.54) is 19.3 Å². The minimum absolute atomic E-state index is 0.134. The zero-order valence-corrected chi connectivity index (χ0v) is 17.4. The van der Waals surface area contributed by atoms with E-state index in [-0.39, 0.29) is 5.91 Å². The average Bonchev–Trinajstić information content (AvgIpc) is 3.23.